The molecule has 0 spiro atoms. The summed E-state index contributed by atoms with van der Waals surface area (Å²) in [4.78, 5) is 2.40. The second-order valence-corrected chi connectivity index (χ2v) is 4.06. The normalized spacial score (nSPS) is 11.6. The van der Waals surface area contributed by atoms with E-state index in [1.807, 2.05) is 0 Å². The molecular weight excluding hydrogens is 174 g/mol. The van der Waals surface area contributed by atoms with Crippen LogP contribution in [-0.4, -0.2) is 36.2 Å². The summed E-state index contributed by atoms with van der Waals surface area (Å²) < 4.78 is 0. The molecule has 0 saturated heterocycles. The molecule has 0 aromatic carbocycles. The zero-order valence-electron chi connectivity index (χ0n) is 10.1. The Morgan fingerprint density at radius 2 is 1.71 bits per heavy atom. The molecule has 2 nitrogen and oxygen atoms in total. The molecule has 0 aliphatic heterocycles. The molecule has 0 amide bonds. The van der Waals surface area contributed by atoms with Crippen molar-refractivity contribution >= 4 is 0 Å². The van der Waals surface area contributed by atoms with Crippen LogP contribution in [-0.2, 0) is 0 Å². The van der Waals surface area contributed by atoms with E-state index in [0.29, 0.717) is 6.61 Å². The lowest BCUT2D eigenvalue weighted by Crippen LogP contribution is -2.32. The first-order valence-electron chi connectivity index (χ1n) is 6.11. The van der Waals surface area contributed by atoms with Crippen molar-refractivity contribution in [1.82, 2.24) is 4.90 Å². The van der Waals surface area contributed by atoms with Crippen LogP contribution >= 0.6 is 0 Å². The van der Waals surface area contributed by atoms with E-state index in [4.69, 9.17) is 5.11 Å². The van der Waals surface area contributed by atoms with Crippen LogP contribution in [0, 0.1) is 5.92 Å². The van der Waals surface area contributed by atoms with Crippen molar-refractivity contribution < 1.29 is 5.11 Å². The average Bonchev–Trinajstić information content (AvgIpc) is 2.22. The third-order valence-electron chi connectivity index (χ3n) is 2.92. The van der Waals surface area contributed by atoms with Crippen molar-refractivity contribution in [2.45, 2.75) is 46.5 Å². The minimum atomic E-state index is 0.295. The molecule has 0 atom stereocenters. The summed E-state index contributed by atoms with van der Waals surface area (Å²) in [5.74, 6) is 0.804. The SMILES string of the molecule is CCCCN(CCO)CC(CC)CC. The van der Waals surface area contributed by atoms with Crippen LogP contribution in [0.5, 0.6) is 0 Å². The van der Waals surface area contributed by atoms with Crippen LogP contribution in [0.25, 0.3) is 0 Å². The maximum atomic E-state index is 8.95. The molecular formula is C12H27NO. The molecule has 0 saturated carbocycles. The summed E-state index contributed by atoms with van der Waals surface area (Å²) >= 11 is 0. The molecule has 0 aliphatic rings. The van der Waals surface area contributed by atoms with Crippen LogP contribution in [0.15, 0.2) is 0 Å². The standard InChI is InChI=1S/C12H27NO/c1-4-7-8-13(9-10-14)11-12(5-2)6-3/h12,14H,4-11H2,1-3H3. The van der Waals surface area contributed by atoms with E-state index in [1.54, 1.807) is 0 Å². The van der Waals surface area contributed by atoms with Crippen molar-refractivity contribution in [3.63, 3.8) is 0 Å². The smallest absolute Gasteiger partial charge is 0.0558 e. The van der Waals surface area contributed by atoms with Crippen LogP contribution in [0.3, 0.4) is 0 Å². The highest BCUT2D eigenvalue weighted by molar-refractivity contribution is 4.63. The monoisotopic (exact) mass is 201 g/mol. The first kappa shape index (κ1) is 13.9. The van der Waals surface area contributed by atoms with Crippen molar-refractivity contribution in [1.29, 1.82) is 0 Å². The highest BCUT2D eigenvalue weighted by Crippen LogP contribution is 2.10. The minimum Gasteiger partial charge on any atom is -0.395 e. The molecule has 0 aromatic heterocycles. The summed E-state index contributed by atoms with van der Waals surface area (Å²) in [6.07, 6.45) is 5.00. The molecule has 86 valence electrons. The number of hydrogen-bond acceptors (Lipinski definition) is 2. The number of unbranched alkanes of at least 4 members (excludes halogenated alkanes) is 1. The van der Waals surface area contributed by atoms with Gasteiger partial charge in [-0.3, -0.25) is 0 Å². The van der Waals surface area contributed by atoms with Crippen LogP contribution in [0.2, 0.25) is 0 Å². The molecule has 14 heavy (non-hydrogen) atoms. The van der Waals surface area contributed by atoms with E-state index in [2.05, 4.69) is 25.7 Å². The highest BCUT2D eigenvalue weighted by atomic mass is 16.3. The van der Waals surface area contributed by atoms with Crippen LogP contribution in [0.4, 0.5) is 0 Å². The van der Waals surface area contributed by atoms with Gasteiger partial charge in [0.1, 0.15) is 0 Å². The number of rotatable bonds is 9. The minimum absolute atomic E-state index is 0.295. The Balaban J connectivity index is 3.80. The van der Waals surface area contributed by atoms with Crippen molar-refractivity contribution in [3.8, 4) is 0 Å². The summed E-state index contributed by atoms with van der Waals surface area (Å²) in [6, 6.07) is 0. The Bertz CT molecular complexity index is 113. The molecule has 2 heteroatoms. The second kappa shape index (κ2) is 9.47. The second-order valence-electron chi connectivity index (χ2n) is 4.06. The van der Waals surface area contributed by atoms with Gasteiger partial charge in [0.25, 0.3) is 0 Å². The third kappa shape index (κ3) is 6.39. The molecule has 0 bridgehead atoms. The molecule has 0 heterocycles. The van der Waals surface area contributed by atoms with Crippen molar-refractivity contribution in [2.75, 3.05) is 26.2 Å². The Hall–Kier alpha value is -0.0800. The molecule has 0 radical (unpaired) electrons. The summed E-state index contributed by atoms with van der Waals surface area (Å²) in [6.45, 7) is 10.2. The summed E-state index contributed by atoms with van der Waals surface area (Å²) in [5, 5.41) is 8.95. The van der Waals surface area contributed by atoms with Gasteiger partial charge in [0, 0.05) is 13.1 Å². The van der Waals surface area contributed by atoms with Gasteiger partial charge in [-0.05, 0) is 18.9 Å². The number of hydrogen-bond donors (Lipinski definition) is 1. The van der Waals surface area contributed by atoms with Gasteiger partial charge in [-0.2, -0.15) is 0 Å². The molecule has 0 fully saturated rings. The van der Waals surface area contributed by atoms with Crippen molar-refractivity contribution in [2.24, 2.45) is 5.92 Å². The zero-order chi connectivity index (χ0) is 10.8. The first-order valence-corrected chi connectivity index (χ1v) is 6.11. The topological polar surface area (TPSA) is 23.5 Å². The van der Waals surface area contributed by atoms with Gasteiger partial charge >= 0.3 is 0 Å². The Kier molecular flexibility index (Phi) is 9.42. The lowest BCUT2D eigenvalue weighted by atomic mass is 10.0. The van der Waals surface area contributed by atoms with Gasteiger partial charge in [0.2, 0.25) is 0 Å². The van der Waals surface area contributed by atoms with E-state index in [-0.39, 0.29) is 0 Å². The third-order valence-corrected chi connectivity index (χ3v) is 2.92. The fourth-order valence-corrected chi connectivity index (χ4v) is 1.73. The predicted octanol–water partition coefficient (Wildman–Crippen LogP) is 2.52. The van der Waals surface area contributed by atoms with E-state index in [0.717, 1.165) is 25.6 Å². The largest absolute Gasteiger partial charge is 0.395 e. The molecule has 0 aliphatic carbocycles. The highest BCUT2D eigenvalue weighted by Gasteiger charge is 2.09. The lowest BCUT2D eigenvalue weighted by molar-refractivity contribution is 0.170. The van der Waals surface area contributed by atoms with E-state index in [1.165, 1.54) is 25.7 Å². The maximum Gasteiger partial charge on any atom is 0.0558 e. The van der Waals surface area contributed by atoms with E-state index < -0.39 is 0 Å². The van der Waals surface area contributed by atoms with Gasteiger partial charge < -0.3 is 10.0 Å². The number of aliphatic hydroxyl groups is 1. The summed E-state index contributed by atoms with van der Waals surface area (Å²) in [5.41, 5.74) is 0. The van der Waals surface area contributed by atoms with Crippen molar-refractivity contribution in [3.05, 3.63) is 0 Å². The molecule has 0 aromatic rings. The lowest BCUT2D eigenvalue weighted by Gasteiger charge is -2.25. The Morgan fingerprint density at radius 1 is 1.07 bits per heavy atom. The molecule has 1 N–H and O–H groups in total. The maximum absolute atomic E-state index is 8.95. The van der Waals surface area contributed by atoms with Gasteiger partial charge in [0.15, 0.2) is 0 Å². The number of nitrogens with zero attached hydrogens (tertiary/aromatic N) is 1. The van der Waals surface area contributed by atoms with E-state index in [9.17, 15) is 0 Å². The Labute approximate surface area is 89.3 Å². The Morgan fingerprint density at radius 3 is 2.14 bits per heavy atom. The predicted molar refractivity (Wildman–Crippen MR) is 62.5 cm³/mol. The number of aliphatic hydroxyl groups excluding tert-OH is 1. The van der Waals surface area contributed by atoms with Gasteiger partial charge in [0.05, 0.1) is 6.61 Å². The average molecular weight is 201 g/mol. The first-order chi connectivity index (χ1) is 6.78. The van der Waals surface area contributed by atoms with Gasteiger partial charge in [-0.15, -0.1) is 0 Å². The van der Waals surface area contributed by atoms with Gasteiger partial charge in [-0.25, -0.2) is 0 Å². The quantitative estimate of drug-likeness (QED) is 0.619. The zero-order valence-corrected chi connectivity index (χ0v) is 10.1. The fourth-order valence-electron chi connectivity index (χ4n) is 1.73. The summed E-state index contributed by atoms with van der Waals surface area (Å²) in [7, 11) is 0. The molecule has 0 rings (SSSR count). The van der Waals surface area contributed by atoms with Crippen LogP contribution < -0.4 is 0 Å². The molecule has 0 unspecified atom stereocenters. The fraction of sp³-hybridized carbons (Fsp3) is 1.00. The van der Waals surface area contributed by atoms with Crippen LogP contribution in [0.1, 0.15) is 46.5 Å². The van der Waals surface area contributed by atoms with E-state index >= 15 is 0 Å². The van der Waals surface area contributed by atoms with Gasteiger partial charge in [-0.1, -0.05) is 40.0 Å².